The molecule has 1 aliphatic rings. The third kappa shape index (κ3) is 3.43. The van der Waals surface area contributed by atoms with Gasteiger partial charge in [-0.15, -0.1) is 0 Å². The van der Waals surface area contributed by atoms with Crippen LogP contribution in [0.15, 0.2) is 24.5 Å². The predicted molar refractivity (Wildman–Crippen MR) is 79.6 cm³/mol. The fourth-order valence-corrected chi connectivity index (χ4v) is 2.60. The summed E-state index contributed by atoms with van der Waals surface area (Å²) in [5.74, 6) is 0.549. The number of rotatable bonds is 4. The molecule has 2 aromatic heterocycles. The van der Waals surface area contributed by atoms with Crippen molar-refractivity contribution in [2.24, 2.45) is 5.73 Å². The lowest BCUT2D eigenvalue weighted by atomic mass is 10.1. The Balaban J connectivity index is 1.60. The lowest BCUT2D eigenvalue weighted by molar-refractivity contribution is -0.119. The molecule has 7 nitrogen and oxygen atoms in total. The Morgan fingerprint density at radius 2 is 2.05 bits per heavy atom. The van der Waals surface area contributed by atoms with Gasteiger partial charge in [0.05, 0.1) is 6.54 Å². The van der Waals surface area contributed by atoms with Crippen molar-refractivity contribution >= 4 is 22.9 Å². The highest BCUT2D eigenvalue weighted by molar-refractivity contribution is 5.76. The summed E-state index contributed by atoms with van der Waals surface area (Å²) in [4.78, 5) is 25.9. The quantitative estimate of drug-likeness (QED) is 0.843. The molecule has 1 saturated heterocycles. The van der Waals surface area contributed by atoms with Crippen LogP contribution in [0.3, 0.4) is 0 Å². The molecule has 0 saturated carbocycles. The Kier molecular flexibility index (Phi) is 3.92. The number of nitrogens with one attached hydrogen (secondary N) is 1. The molecule has 0 aliphatic carbocycles. The van der Waals surface area contributed by atoms with E-state index in [2.05, 4.69) is 25.2 Å². The van der Waals surface area contributed by atoms with Crippen LogP contribution in [0, 0.1) is 0 Å². The molecule has 1 fully saturated rings. The van der Waals surface area contributed by atoms with Crippen LogP contribution in [0.5, 0.6) is 0 Å². The number of carbonyl (C=O) groups excluding carboxylic acids is 1. The number of primary amides is 1. The van der Waals surface area contributed by atoms with Gasteiger partial charge in [0.25, 0.3) is 0 Å². The Bertz CT molecular complexity index is 638. The van der Waals surface area contributed by atoms with Crippen molar-refractivity contribution in [3.63, 3.8) is 0 Å². The molecule has 21 heavy (non-hydrogen) atoms. The van der Waals surface area contributed by atoms with Gasteiger partial charge < -0.3 is 11.1 Å². The average Bonchev–Trinajstić information content (AvgIpc) is 2.49. The summed E-state index contributed by atoms with van der Waals surface area (Å²) < 4.78 is 0. The number of hydrogen-bond acceptors (Lipinski definition) is 6. The monoisotopic (exact) mass is 286 g/mol. The Labute approximate surface area is 122 Å². The Morgan fingerprint density at radius 3 is 2.81 bits per heavy atom. The second-order valence-electron chi connectivity index (χ2n) is 5.26. The van der Waals surface area contributed by atoms with Gasteiger partial charge in [-0.1, -0.05) is 0 Å². The van der Waals surface area contributed by atoms with Gasteiger partial charge in [0.1, 0.15) is 11.3 Å². The van der Waals surface area contributed by atoms with Crippen LogP contribution in [0.4, 0.5) is 5.82 Å². The molecule has 2 aromatic rings. The average molecular weight is 286 g/mol. The smallest absolute Gasteiger partial charge is 0.231 e. The number of aromatic nitrogens is 3. The first-order valence-electron chi connectivity index (χ1n) is 7.06. The predicted octanol–water partition coefficient (Wildman–Crippen LogP) is 0.386. The molecule has 0 aromatic carbocycles. The van der Waals surface area contributed by atoms with Crippen LogP contribution < -0.4 is 11.1 Å². The summed E-state index contributed by atoms with van der Waals surface area (Å²) in [6.07, 6.45) is 5.23. The third-order valence-corrected chi connectivity index (χ3v) is 3.65. The van der Waals surface area contributed by atoms with Gasteiger partial charge in [-0.3, -0.25) is 14.7 Å². The standard InChI is InChI=1S/C14H18N6O/c15-12(21)9-20-7-3-10(4-8-20)18-13-2-1-11-14(19-13)17-6-5-16-11/h1-2,5-6,10H,3-4,7-9H2,(H2,15,21)(H,17,18,19). The van der Waals surface area contributed by atoms with Crippen LogP contribution in [0.2, 0.25) is 0 Å². The fourth-order valence-electron chi connectivity index (χ4n) is 2.60. The van der Waals surface area contributed by atoms with Crippen LogP contribution in [-0.4, -0.2) is 51.4 Å². The van der Waals surface area contributed by atoms with Gasteiger partial charge in [-0.05, 0) is 25.0 Å². The van der Waals surface area contributed by atoms with E-state index in [-0.39, 0.29) is 5.91 Å². The van der Waals surface area contributed by atoms with E-state index in [0.29, 0.717) is 18.2 Å². The number of pyridine rings is 1. The number of anilines is 1. The topological polar surface area (TPSA) is 97.0 Å². The summed E-state index contributed by atoms with van der Waals surface area (Å²) in [5, 5.41) is 3.43. The van der Waals surface area contributed by atoms with Gasteiger partial charge in [-0.25, -0.2) is 9.97 Å². The van der Waals surface area contributed by atoms with Crippen molar-refractivity contribution in [3.8, 4) is 0 Å². The van der Waals surface area contributed by atoms with Gasteiger partial charge in [0.15, 0.2) is 5.65 Å². The normalized spacial score (nSPS) is 17.0. The third-order valence-electron chi connectivity index (χ3n) is 3.65. The zero-order chi connectivity index (χ0) is 14.7. The Morgan fingerprint density at radius 1 is 1.29 bits per heavy atom. The number of hydrogen-bond donors (Lipinski definition) is 2. The molecule has 0 atom stereocenters. The first-order valence-corrected chi connectivity index (χ1v) is 7.06. The number of carbonyl (C=O) groups is 1. The highest BCUT2D eigenvalue weighted by Crippen LogP contribution is 2.16. The maximum atomic E-state index is 10.9. The van der Waals surface area contributed by atoms with Crippen LogP contribution in [0.25, 0.3) is 11.2 Å². The minimum absolute atomic E-state index is 0.267. The first-order chi connectivity index (χ1) is 10.2. The molecule has 110 valence electrons. The fraction of sp³-hybridized carbons (Fsp3) is 0.429. The van der Waals surface area contributed by atoms with E-state index >= 15 is 0 Å². The SMILES string of the molecule is NC(=O)CN1CCC(Nc2ccc3nccnc3n2)CC1. The largest absolute Gasteiger partial charge is 0.369 e. The summed E-state index contributed by atoms with van der Waals surface area (Å²) in [5.41, 5.74) is 6.65. The lowest BCUT2D eigenvalue weighted by Crippen LogP contribution is -2.43. The summed E-state index contributed by atoms with van der Waals surface area (Å²) in [6.45, 7) is 2.08. The van der Waals surface area contributed by atoms with Gasteiger partial charge in [0, 0.05) is 31.5 Å². The van der Waals surface area contributed by atoms with Crippen molar-refractivity contribution < 1.29 is 4.79 Å². The molecule has 0 radical (unpaired) electrons. The van der Waals surface area contributed by atoms with E-state index in [1.807, 2.05) is 12.1 Å². The van der Waals surface area contributed by atoms with E-state index in [9.17, 15) is 4.79 Å². The zero-order valence-electron chi connectivity index (χ0n) is 11.7. The minimum Gasteiger partial charge on any atom is -0.369 e. The van der Waals surface area contributed by atoms with E-state index in [1.54, 1.807) is 12.4 Å². The van der Waals surface area contributed by atoms with E-state index in [1.165, 1.54) is 0 Å². The van der Waals surface area contributed by atoms with Gasteiger partial charge in [0.2, 0.25) is 5.91 Å². The number of amides is 1. The van der Waals surface area contributed by atoms with Gasteiger partial charge in [-0.2, -0.15) is 0 Å². The zero-order valence-corrected chi connectivity index (χ0v) is 11.7. The molecule has 7 heteroatoms. The maximum Gasteiger partial charge on any atom is 0.231 e. The van der Waals surface area contributed by atoms with E-state index in [4.69, 9.17) is 5.73 Å². The van der Waals surface area contributed by atoms with Crippen LogP contribution in [0.1, 0.15) is 12.8 Å². The molecule has 3 rings (SSSR count). The number of likely N-dealkylation sites (tertiary alicyclic amines) is 1. The summed E-state index contributed by atoms with van der Waals surface area (Å²) >= 11 is 0. The number of nitrogens with zero attached hydrogens (tertiary/aromatic N) is 4. The second kappa shape index (κ2) is 6.01. The Hall–Kier alpha value is -2.28. The molecule has 3 heterocycles. The van der Waals surface area contributed by atoms with Crippen LogP contribution >= 0.6 is 0 Å². The van der Waals surface area contributed by atoms with E-state index in [0.717, 1.165) is 37.3 Å². The molecule has 0 spiro atoms. The van der Waals surface area contributed by atoms with Crippen molar-refractivity contribution in [1.82, 2.24) is 19.9 Å². The number of nitrogens with two attached hydrogens (primary N) is 1. The summed E-state index contributed by atoms with van der Waals surface area (Å²) in [7, 11) is 0. The van der Waals surface area contributed by atoms with E-state index < -0.39 is 0 Å². The molecule has 1 amide bonds. The van der Waals surface area contributed by atoms with Crippen molar-refractivity contribution in [2.45, 2.75) is 18.9 Å². The van der Waals surface area contributed by atoms with Crippen molar-refractivity contribution in [1.29, 1.82) is 0 Å². The molecule has 3 N–H and O–H groups in total. The maximum absolute atomic E-state index is 10.9. The highest BCUT2D eigenvalue weighted by atomic mass is 16.1. The van der Waals surface area contributed by atoms with Gasteiger partial charge >= 0.3 is 0 Å². The summed E-state index contributed by atoms with van der Waals surface area (Å²) in [6, 6.07) is 4.20. The number of piperidine rings is 1. The minimum atomic E-state index is -0.267. The molecule has 0 unspecified atom stereocenters. The molecular weight excluding hydrogens is 268 g/mol. The van der Waals surface area contributed by atoms with Crippen molar-refractivity contribution in [3.05, 3.63) is 24.5 Å². The van der Waals surface area contributed by atoms with Crippen LogP contribution in [-0.2, 0) is 4.79 Å². The molecule has 1 aliphatic heterocycles. The lowest BCUT2D eigenvalue weighted by Gasteiger charge is -2.31. The van der Waals surface area contributed by atoms with Crippen molar-refractivity contribution in [2.75, 3.05) is 25.0 Å². The molecular formula is C14H18N6O. The second-order valence-corrected chi connectivity index (χ2v) is 5.26. The highest BCUT2D eigenvalue weighted by Gasteiger charge is 2.20. The number of fused-ring (bicyclic) bond motifs is 1. The molecule has 0 bridgehead atoms. The first kappa shape index (κ1) is 13.7.